The van der Waals surface area contributed by atoms with Gasteiger partial charge in [-0.3, -0.25) is 0 Å². The molecule has 0 amide bonds. The predicted octanol–water partition coefficient (Wildman–Crippen LogP) is 15.0. The number of nitrogens with zero attached hydrogens (tertiary/aromatic N) is 4. The molecule has 0 rings (SSSR count). The maximum atomic E-state index is 4.43. The van der Waals surface area contributed by atoms with Crippen LogP contribution in [0.15, 0.2) is 73.7 Å². The molecule has 0 aliphatic carbocycles. The molecule has 0 spiro atoms. The van der Waals surface area contributed by atoms with Crippen molar-refractivity contribution >= 4 is 98.8 Å². The maximum Gasteiger partial charge on any atom is 0.133 e. The van der Waals surface area contributed by atoms with E-state index in [2.05, 4.69) is 246 Å². The number of rotatable bonds is 27. The Bertz CT molecular complexity index is 1230. The monoisotopic (exact) mass is 999 g/mol. The second-order valence-electron chi connectivity index (χ2n) is 24.9. The minimum absolute atomic E-state index is 1.37. The van der Waals surface area contributed by atoms with Crippen molar-refractivity contribution in [3.05, 3.63) is 73.7 Å². The Balaban J connectivity index is 7.62. The summed E-state index contributed by atoms with van der Waals surface area (Å²) in [5.74, 6) is 0. The summed E-state index contributed by atoms with van der Waals surface area (Å²) in [6, 6.07) is 8.26. The maximum absolute atomic E-state index is 4.43. The van der Waals surface area contributed by atoms with Crippen molar-refractivity contribution in [1.82, 2.24) is 15.6 Å². The lowest BCUT2D eigenvalue weighted by Gasteiger charge is -2.59. The molecule has 58 heavy (non-hydrogen) atoms. The van der Waals surface area contributed by atoms with Crippen LogP contribution in [0.4, 0.5) is 0 Å². The van der Waals surface area contributed by atoms with Gasteiger partial charge in [0.1, 0.15) is 98.8 Å². The molecular weight excluding hydrogens is 898 g/mol. The predicted molar refractivity (Wildman–Crippen MR) is 307 cm³/mol. The average molecular weight is 1000 g/mol. The van der Waals surface area contributed by atoms with Crippen molar-refractivity contribution in [2.75, 3.05) is 0 Å². The van der Waals surface area contributed by atoms with E-state index in [-0.39, 0.29) is 0 Å². The van der Waals surface area contributed by atoms with Gasteiger partial charge < -0.3 is 15.6 Å². The first kappa shape index (κ1) is 58.9. The highest BCUT2D eigenvalue weighted by Gasteiger charge is 2.54. The largest absolute Gasteiger partial charge is 0.368 e. The van der Waals surface area contributed by atoms with Gasteiger partial charge in [-0.15, -0.1) is 39.5 Å². The van der Waals surface area contributed by atoms with Gasteiger partial charge in [-0.1, -0.05) is 191 Å². The lowest BCUT2D eigenvalue weighted by atomic mass is 10.9. The van der Waals surface area contributed by atoms with Crippen molar-refractivity contribution in [3.8, 4) is 0 Å². The van der Waals surface area contributed by atoms with Crippen molar-refractivity contribution in [3.63, 3.8) is 0 Å². The summed E-state index contributed by atoms with van der Waals surface area (Å²) in [5, 5.41) is 0. The minimum Gasteiger partial charge on any atom is -0.368 e. The molecule has 0 fully saturated rings. The smallest absolute Gasteiger partial charge is 0.133 e. The number of hydrogen-bond donors (Lipinski definition) is 0. The Morgan fingerprint density at radius 1 is 0.224 bits per heavy atom. The van der Waals surface area contributed by atoms with Crippen LogP contribution in [0.3, 0.4) is 0 Å². The topological polar surface area (TPSA) is 13.0 Å². The SMILES string of the molecule is C=C[Si](C)(C)N([Si](C)(C)C=C)[Si](C)(C)CC[Si](C)(C)N([Si](C)(C)CC[Si](C)(C)N([Si](C)(C)C=C)[Si](C)(C)C=C)[Si](C)(C)CC[Si](C)(C)N([Si](C)(C)C=C)[Si](C)(C)C=C. The van der Waals surface area contributed by atoms with Gasteiger partial charge in [0.05, 0.1) is 0 Å². The zero-order chi connectivity index (χ0) is 46.8. The summed E-state index contributed by atoms with van der Waals surface area (Å²) in [4.78, 5) is 0. The molecule has 0 aromatic heterocycles. The van der Waals surface area contributed by atoms with Gasteiger partial charge in [-0.25, -0.2) is 0 Å². The highest BCUT2D eigenvalue weighted by molar-refractivity contribution is 7.11. The minimum atomic E-state index is -1.90. The van der Waals surface area contributed by atoms with Gasteiger partial charge in [0, 0.05) is 0 Å². The zero-order valence-electron chi connectivity index (χ0n) is 43.7. The van der Waals surface area contributed by atoms with Crippen LogP contribution in [0.5, 0.6) is 0 Å². The highest BCUT2D eigenvalue weighted by atomic mass is 28.5. The van der Waals surface area contributed by atoms with Crippen molar-refractivity contribution in [2.24, 2.45) is 0 Å². The molecule has 0 aromatic rings. The first-order valence-electron chi connectivity index (χ1n) is 22.5. The fraction of sp³-hybridized carbons (Fsp3) is 0.714. The van der Waals surface area contributed by atoms with E-state index in [1.807, 2.05) is 0 Å². The van der Waals surface area contributed by atoms with Gasteiger partial charge in [0.25, 0.3) is 0 Å². The molecule has 0 radical (unpaired) electrons. The highest BCUT2D eigenvalue weighted by Crippen LogP contribution is 2.43. The summed E-state index contributed by atoms with van der Waals surface area (Å²) in [6.45, 7) is 90.1. The molecule has 0 saturated heterocycles. The van der Waals surface area contributed by atoms with Crippen LogP contribution in [0.2, 0.25) is 193 Å². The third-order valence-corrected chi connectivity index (χ3v) is 87.2. The Morgan fingerprint density at radius 3 is 0.431 bits per heavy atom. The van der Waals surface area contributed by atoms with Crippen LogP contribution in [0.25, 0.3) is 0 Å². The molecule has 0 bridgehead atoms. The standard InChI is InChI=1S/C42H102N4Si12/c1-31-47(7,8)43(48(9,10)32-2)53(19,20)37-40-56(25,26)46(57(27,28)41-38-54(21,22)44(49(11,12)33-3)50(13,14)34-4)58(29,30)42-39-55(23,24)45(51(15,16)35-5)52(17,18)36-6/h31-36H,1-6,37-42H2,7-30H3. The summed E-state index contributed by atoms with van der Waals surface area (Å²) >= 11 is 0. The summed E-state index contributed by atoms with van der Waals surface area (Å²) in [6.07, 6.45) is 0. The molecule has 4 nitrogen and oxygen atoms in total. The summed E-state index contributed by atoms with van der Waals surface area (Å²) in [5.41, 5.74) is 14.1. The third-order valence-electron chi connectivity index (χ3n) is 14.1. The third kappa shape index (κ3) is 14.2. The summed E-state index contributed by atoms with van der Waals surface area (Å²) in [7, 11) is -22.0. The molecule has 0 aliphatic rings. The number of hydrogen-bond acceptors (Lipinski definition) is 4. The second-order valence-corrected chi connectivity index (χ2v) is 82.6. The van der Waals surface area contributed by atoms with Crippen molar-refractivity contribution in [1.29, 1.82) is 0 Å². The fourth-order valence-electron chi connectivity index (χ4n) is 12.4. The molecular formula is C42H102N4Si12. The quantitative estimate of drug-likeness (QED) is 0.0760. The molecule has 338 valence electrons. The zero-order valence-corrected chi connectivity index (χ0v) is 55.7. The molecule has 0 heterocycles. The Kier molecular flexibility index (Phi) is 20.3. The summed E-state index contributed by atoms with van der Waals surface area (Å²) < 4.78 is 12.8. The molecule has 0 aliphatic heterocycles. The normalized spacial score (nSPS) is 15.3. The lowest BCUT2D eigenvalue weighted by Crippen LogP contribution is -2.75. The van der Waals surface area contributed by atoms with Crippen molar-refractivity contribution in [2.45, 2.75) is 193 Å². The molecule has 0 aromatic carbocycles. The van der Waals surface area contributed by atoms with Crippen LogP contribution in [0, 0.1) is 0 Å². The average Bonchev–Trinajstić information content (AvgIpc) is 3.04. The first-order chi connectivity index (χ1) is 25.4. The van der Waals surface area contributed by atoms with Crippen LogP contribution < -0.4 is 0 Å². The van der Waals surface area contributed by atoms with E-state index in [1.54, 1.807) is 0 Å². The van der Waals surface area contributed by atoms with Crippen LogP contribution in [-0.4, -0.2) is 114 Å². The molecule has 0 unspecified atom stereocenters. The van der Waals surface area contributed by atoms with E-state index in [1.165, 1.54) is 36.3 Å². The first-order valence-corrected chi connectivity index (χ1v) is 59.6. The van der Waals surface area contributed by atoms with Gasteiger partial charge >= 0.3 is 0 Å². The van der Waals surface area contributed by atoms with Gasteiger partial charge in [0.15, 0.2) is 0 Å². The van der Waals surface area contributed by atoms with Gasteiger partial charge in [-0.2, -0.15) is 0 Å². The Morgan fingerprint density at radius 2 is 0.328 bits per heavy atom. The Hall–Kier alpha value is 0.883. The second kappa shape index (κ2) is 20.0. The Labute approximate surface area is 378 Å². The van der Waals surface area contributed by atoms with Gasteiger partial charge in [-0.05, 0) is 36.3 Å². The van der Waals surface area contributed by atoms with Crippen LogP contribution >= 0.6 is 0 Å². The van der Waals surface area contributed by atoms with Gasteiger partial charge in [0.2, 0.25) is 0 Å². The molecule has 0 saturated carbocycles. The van der Waals surface area contributed by atoms with E-state index in [9.17, 15) is 0 Å². The lowest BCUT2D eigenvalue weighted by molar-refractivity contribution is 0.820. The van der Waals surface area contributed by atoms with Crippen molar-refractivity contribution < 1.29 is 0 Å². The van der Waals surface area contributed by atoms with Crippen LogP contribution in [-0.2, 0) is 0 Å². The van der Waals surface area contributed by atoms with E-state index in [4.69, 9.17) is 0 Å². The molecule has 16 heteroatoms. The molecule has 0 N–H and O–H groups in total. The van der Waals surface area contributed by atoms with E-state index in [0.29, 0.717) is 0 Å². The van der Waals surface area contributed by atoms with E-state index < -0.39 is 98.8 Å². The molecule has 0 atom stereocenters. The fourth-order valence-corrected chi connectivity index (χ4v) is 112. The van der Waals surface area contributed by atoms with E-state index >= 15 is 0 Å². The van der Waals surface area contributed by atoms with Crippen LogP contribution in [0.1, 0.15) is 0 Å². The van der Waals surface area contributed by atoms with E-state index in [0.717, 1.165) is 0 Å².